The Balaban J connectivity index is 1.43. The second-order valence-corrected chi connectivity index (χ2v) is 8.42. The van der Waals surface area contributed by atoms with Crippen molar-refractivity contribution >= 4 is 17.7 Å². The second kappa shape index (κ2) is 10.9. The Morgan fingerprint density at radius 1 is 1.00 bits per heavy atom. The summed E-state index contributed by atoms with van der Waals surface area (Å²) in [4.78, 5) is 23.4. The van der Waals surface area contributed by atoms with E-state index in [1.54, 1.807) is 32.0 Å². The Hall–Kier alpha value is -4.46. The number of carbonyl (C=O) groups excluding carboxylic acids is 1. The van der Waals surface area contributed by atoms with Crippen molar-refractivity contribution in [1.82, 2.24) is 5.16 Å². The van der Waals surface area contributed by atoms with E-state index in [4.69, 9.17) is 14.4 Å². The maximum atomic E-state index is 14.0. The number of hydrogen-bond donors (Lipinski definition) is 2. The third-order valence-electron chi connectivity index (χ3n) is 5.73. The normalized spacial score (nSPS) is 11.6. The van der Waals surface area contributed by atoms with Crippen LogP contribution in [0.2, 0.25) is 0 Å². The van der Waals surface area contributed by atoms with E-state index in [1.165, 1.54) is 6.07 Å². The van der Waals surface area contributed by atoms with E-state index in [2.05, 4.69) is 10.5 Å². The molecular weight excluding hydrogens is 463 g/mol. The Morgan fingerprint density at radius 2 is 1.61 bits per heavy atom. The van der Waals surface area contributed by atoms with Crippen molar-refractivity contribution < 1.29 is 28.3 Å². The minimum atomic E-state index is -0.858. The summed E-state index contributed by atoms with van der Waals surface area (Å²) in [5, 5.41) is 15.7. The lowest BCUT2D eigenvalue weighted by Gasteiger charge is -2.15. The highest BCUT2D eigenvalue weighted by Crippen LogP contribution is 2.31. The van der Waals surface area contributed by atoms with Crippen molar-refractivity contribution in [3.63, 3.8) is 0 Å². The number of aromatic nitrogens is 1. The first kappa shape index (κ1) is 24.7. The number of nitrogens with zero attached hydrogens (tertiary/aromatic N) is 1. The van der Waals surface area contributed by atoms with Gasteiger partial charge in [-0.05, 0) is 43.0 Å². The van der Waals surface area contributed by atoms with Gasteiger partial charge in [-0.15, -0.1) is 0 Å². The Morgan fingerprint density at radius 3 is 2.25 bits per heavy atom. The predicted molar refractivity (Wildman–Crippen MR) is 132 cm³/mol. The number of amides is 1. The molecule has 4 aromatic rings. The quantitative estimate of drug-likeness (QED) is 0.301. The first-order valence-corrected chi connectivity index (χ1v) is 11.4. The molecule has 0 radical (unpaired) electrons. The lowest BCUT2D eigenvalue weighted by Crippen LogP contribution is -2.17. The van der Waals surface area contributed by atoms with Crippen LogP contribution in [0.3, 0.4) is 0 Å². The van der Waals surface area contributed by atoms with Gasteiger partial charge in [0.1, 0.15) is 23.3 Å². The maximum absolute atomic E-state index is 14.0. The predicted octanol–water partition coefficient (Wildman–Crippen LogP) is 6.32. The van der Waals surface area contributed by atoms with E-state index in [1.807, 2.05) is 48.5 Å². The lowest BCUT2D eigenvalue weighted by atomic mass is 10.0. The molecule has 2 N–H and O–H groups in total. The van der Waals surface area contributed by atoms with Crippen molar-refractivity contribution in [2.24, 2.45) is 0 Å². The molecule has 7 nitrogen and oxygen atoms in total. The van der Waals surface area contributed by atoms with Gasteiger partial charge in [0.2, 0.25) is 0 Å². The maximum Gasteiger partial charge on any atom is 0.412 e. The number of carboxylic acids is 1. The lowest BCUT2D eigenvalue weighted by molar-refractivity contribution is -0.136. The van der Waals surface area contributed by atoms with Crippen LogP contribution in [0.15, 0.2) is 77.3 Å². The number of anilines is 1. The standard InChI is InChI=1S/C28H25FN2O5/c1-17(23-5-3-4-6-24(23)29)35-28(34)30-26-18(2)36-31-27(26)22-13-11-20(12-14-22)15-19-7-9-21(10-8-19)16-25(32)33/h3-14,17H,15-16H2,1-2H3,(H,30,34)(H,32,33)/t17-/m1/s1. The summed E-state index contributed by atoms with van der Waals surface area (Å²) in [6, 6.07) is 21.3. The highest BCUT2D eigenvalue weighted by Gasteiger charge is 2.20. The van der Waals surface area contributed by atoms with E-state index in [0.717, 1.165) is 22.3 Å². The smallest absolute Gasteiger partial charge is 0.412 e. The molecule has 0 fully saturated rings. The van der Waals surface area contributed by atoms with Crippen LogP contribution in [0.5, 0.6) is 0 Å². The zero-order valence-corrected chi connectivity index (χ0v) is 19.8. The van der Waals surface area contributed by atoms with Gasteiger partial charge in [-0.2, -0.15) is 0 Å². The molecule has 0 bridgehead atoms. The molecular formula is C28H25FN2O5. The molecule has 0 aliphatic heterocycles. The van der Waals surface area contributed by atoms with Gasteiger partial charge in [0.25, 0.3) is 0 Å². The molecule has 1 aromatic heterocycles. The number of rotatable bonds is 8. The summed E-state index contributed by atoms with van der Waals surface area (Å²) in [5.74, 6) is -0.898. The zero-order chi connectivity index (χ0) is 25.7. The van der Waals surface area contributed by atoms with Gasteiger partial charge in [0.15, 0.2) is 5.76 Å². The van der Waals surface area contributed by atoms with Crippen LogP contribution in [-0.4, -0.2) is 22.3 Å². The van der Waals surface area contributed by atoms with Crippen molar-refractivity contribution in [3.05, 3.63) is 107 Å². The van der Waals surface area contributed by atoms with E-state index in [0.29, 0.717) is 23.6 Å². The average molecular weight is 489 g/mol. The molecule has 0 aliphatic rings. The average Bonchev–Trinajstić information content (AvgIpc) is 3.20. The van der Waals surface area contributed by atoms with Gasteiger partial charge in [-0.3, -0.25) is 10.1 Å². The Kier molecular flexibility index (Phi) is 7.44. The molecule has 0 spiro atoms. The van der Waals surface area contributed by atoms with Crippen molar-refractivity contribution in [3.8, 4) is 11.3 Å². The van der Waals surface area contributed by atoms with Gasteiger partial charge >= 0.3 is 12.1 Å². The fourth-order valence-corrected chi connectivity index (χ4v) is 3.84. The van der Waals surface area contributed by atoms with Crippen LogP contribution in [-0.2, 0) is 22.4 Å². The minimum Gasteiger partial charge on any atom is -0.481 e. The van der Waals surface area contributed by atoms with Gasteiger partial charge in [0.05, 0.1) is 6.42 Å². The molecule has 1 amide bonds. The largest absolute Gasteiger partial charge is 0.481 e. The number of nitrogens with one attached hydrogen (secondary N) is 1. The van der Waals surface area contributed by atoms with Gasteiger partial charge in [-0.1, -0.05) is 71.9 Å². The van der Waals surface area contributed by atoms with Crippen LogP contribution in [0.4, 0.5) is 14.9 Å². The number of aryl methyl sites for hydroxylation is 1. The Bertz CT molecular complexity index is 1360. The first-order valence-electron chi connectivity index (χ1n) is 11.4. The molecule has 8 heteroatoms. The molecule has 0 saturated heterocycles. The number of carboxylic acid groups (broad SMARTS) is 1. The number of hydrogen-bond acceptors (Lipinski definition) is 5. The number of carbonyl (C=O) groups is 2. The van der Waals surface area contributed by atoms with E-state index >= 15 is 0 Å². The third-order valence-corrected chi connectivity index (χ3v) is 5.73. The molecule has 1 atom stereocenters. The summed E-state index contributed by atoms with van der Waals surface area (Å²) in [7, 11) is 0. The van der Waals surface area contributed by atoms with Crippen molar-refractivity contribution in [1.29, 1.82) is 0 Å². The third kappa shape index (κ3) is 5.96. The highest BCUT2D eigenvalue weighted by molar-refractivity contribution is 5.91. The summed E-state index contributed by atoms with van der Waals surface area (Å²) >= 11 is 0. The highest BCUT2D eigenvalue weighted by atomic mass is 19.1. The molecule has 4 rings (SSSR count). The molecule has 0 aliphatic carbocycles. The molecule has 3 aromatic carbocycles. The molecule has 0 unspecified atom stereocenters. The van der Waals surface area contributed by atoms with Crippen LogP contribution < -0.4 is 5.32 Å². The fourth-order valence-electron chi connectivity index (χ4n) is 3.84. The van der Waals surface area contributed by atoms with Crippen LogP contribution >= 0.6 is 0 Å². The second-order valence-electron chi connectivity index (χ2n) is 8.42. The molecule has 0 saturated carbocycles. The van der Waals surface area contributed by atoms with E-state index < -0.39 is 24.0 Å². The molecule has 184 valence electrons. The van der Waals surface area contributed by atoms with Gasteiger partial charge in [-0.25, -0.2) is 9.18 Å². The van der Waals surface area contributed by atoms with E-state index in [-0.39, 0.29) is 12.0 Å². The number of halogens is 1. The van der Waals surface area contributed by atoms with Gasteiger partial charge in [0, 0.05) is 11.1 Å². The van der Waals surface area contributed by atoms with Crippen LogP contribution in [0, 0.1) is 12.7 Å². The molecule has 36 heavy (non-hydrogen) atoms. The first-order chi connectivity index (χ1) is 17.3. The minimum absolute atomic E-state index is 0.00192. The summed E-state index contributed by atoms with van der Waals surface area (Å²) in [6.07, 6.45) is -0.858. The van der Waals surface area contributed by atoms with Crippen LogP contribution in [0.25, 0.3) is 11.3 Å². The molecule has 1 heterocycles. The van der Waals surface area contributed by atoms with E-state index in [9.17, 15) is 14.0 Å². The topological polar surface area (TPSA) is 102 Å². The van der Waals surface area contributed by atoms with Crippen LogP contribution in [0.1, 0.15) is 41.0 Å². The SMILES string of the molecule is Cc1onc(-c2ccc(Cc3ccc(CC(=O)O)cc3)cc2)c1NC(=O)O[C@H](C)c1ccccc1F. The number of ether oxygens (including phenoxy) is 1. The fraction of sp³-hybridized carbons (Fsp3) is 0.179. The summed E-state index contributed by atoms with van der Waals surface area (Å²) in [6.45, 7) is 3.27. The number of aliphatic carboxylic acids is 1. The Labute approximate surface area is 207 Å². The van der Waals surface area contributed by atoms with Crippen molar-refractivity contribution in [2.45, 2.75) is 32.8 Å². The van der Waals surface area contributed by atoms with Crippen molar-refractivity contribution in [2.75, 3.05) is 5.32 Å². The zero-order valence-electron chi connectivity index (χ0n) is 19.8. The number of benzene rings is 3. The monoisotopic (exact) mass is 488 g/mol. The summed E-state index contributed by atoms with van der Waals surface area (Å²) in [5.41, 5.74) is 4.72. The summed E-state index contributed by atoms with van der Waals surface area (Å²) < 4.78 is 24.7. The van der Waals surface area contributed by atoms with Gasteiger partial charge < -0.3 is 14.4 Å².